The fourth-order valence-corrected chi connectivity index (χ4v) is 2.80. The summed E-state index contributed by atoms with van der Waals surface area (Å²) in [5.74, 6) is -0.272. The molecule has 0 N–H and O–H groups in total. The third-order valence-corrected chi connectivity index (χ3v) is 4.59. The molecule has 0 aromatic heterocycles. The predicted octanol–water partition coefficient (Wildman–Crippen LogP) is 0.827. The van der Waals surface area contributed by atoms with Gasteiger partial charge in [0.25, 0.3) is 10.1 Å². The van der Waals surface area contributed by atoms with E-state index in [0.29, 0.717) is 99.1 Å². The van der Waals surface area contributed by atoms with Crippen molar-refractivity contribution in [2.24, 2.45) is 0 Å². The molecule has 0 unspecified atom stereocenters. The molecule has 228 valence electrons. The van der Waals surface area contributed by atoms with Gasteiger partial charge in [0.2, 0.25) is 0 Å². The highest BCUT2D eigenvalue weighted by Crippen LogP contribution is 2.08. The third kappa shape index (κ3) is 33.1. The number of carbonyl (C=O) groups excluding carboxylic acids is 1. The van der Waals surface area contributed by atoms with Gasteiger partial charge in [0.15, 0.2) is 0 Å². The number of esters is 1. The summed E-state index contributed by atoms with van der Waals surface area (Å²) < 4.78 is 74.1. The van der Waals surface area contributed by atoms with Crippen molar-refractivity contribution in [3.05, 3.63) is 0 Å². The Bertz CT molecular complexity index is 638. The van der Waals surface area contributed by atoms with Gasteiger partial charge < -0.3 is 42.6 Å². The van der Waals surface area contributed by atoms with E-state index >= 15 is 0 Å². The summed E-state index contributed by atoms with van der Waals surface area (Å²) in [6.07, 6.45) is 1.22. The Balaban J connectivity index is 3.13. The van der Waals surface area contributed by atoms with Gasteiger partial charge >= 0.3 is 5.97 Å². The van der Waals surface area contributed by atoms with Gasteiger partial charge in [0.05, 0.1) is 125 Å². The predicted molar refractivity (Wildman–Crippen MR) is 138 cm³/mol. The van der Waals surface area contributed by atoms with Crippen LogP contribution in [0.2, 0.25) is 0 Å². The summed E-state index contributed by atoms with van der Waals surface area (Å²) >= 11 is 0. The van der Waals surface area contributed by atoms with Gasteiger partial charge in [-0.25, -0.2) is 0 Å². The van der Waals surface area contributed by atoms with Crippen LogP contribution >= 0.6 is 0 Å². The molecular weight excluding hydrogens is 528 g/mol. The first-order valence-electron chi connectivity index (χ1n) is 12.8. The van der Waals surface area contributed by atoms with Gasteiger partial charge in [-0.2, -0.15) is 8.42 Å². The van der Waals surface area contributed by atoms with Gasteiger partial charge in [0.1, 0.15) is 5.60 Å². The highest BCUT2D eigenvalue weighted by atomic mass is 32.2. The summed E-state index contributed by atoms with van der Waals surface area (Å²) in [6.45, 7) is 12.2. The lowest BCUT2D eigenvalue weighted by Crippen LogP contribution is -2.24. The zero-order valence-corrected chi connectivity index (χ0v) is 24.3. The van der Waals surface area contributed by atoms with Crippen molar-refractivity contribution in [1.29, 1.82) is 0 Å². The van der Waals surface area contributed by atoms with Crippen LogP contribution in [0.15, 0.2) is 0 Å². The lowest BCUT2D eigenvalue weighted by Gasteiger charge is -2.19. The molecule has 0 amide bonds. The number of ether oxygens (including phenoxy) is 9. The van der Waals surface area contributed by atoms with Crippen molar-refractivity contribution in [3.63, 3.8) is 0 Å². The van der Waals surface area contributed by atoms with Crippen molar-refractivity contribution in [2.75, 3.05) is 119 Å². The van der Waals surface area contributed by atoms with E-state index < -0.39 is 15.7 Å². The van der Waals surface area contributed by atoms with Crippen LogP contribution in [-0.2, 0) is 61.7 Å². The molecule has 0 aliphatic rings. The van der Waals surface area contributed by atoms with E-state index in [1.165, 1.54) is 0 Å². The van der Waals surface area contributed by atoms with E-state index in [-0.39, 0.29) is 25.6 Å². The topological polar surface area (TPSA) is 144 Å². The lowest BCUT2D eigenvalue weighted by atomic mass is 10.2. The van der Waals surface area contributed by atoms with Gasteiger partial charge in [-0.05, 0) is 20.8 Å². The first-order valence-corrected chi connectivity index (χ1v) is 14.6. The summed E-state index contributed by atoms with van der Waals surface area (Å²) in [5.41, 5.74) is -0.477. The van der Waals surface area contributed by atoms with Crippen LogP contribution in [0.25, 0.3) is 0 Å². The molecule has 0 saturated carbocycles. The molecule has 0 aliphatic heterocycles. The number of hydrogen-bond donors (Lipinski definition) is 0. The minimum Gasteiger partial charge on any atom is -0.460 e. The first kappa shape index (κ1) is 37.1. The largest absolute Gasteiger partial charge is 0.460 e. The van der Waals surface area contributed by atoms with Crippen molar-refractivity contribution in [2.45, 2.75) is 32.8 Å². The van der Waals surface area contributed by atoms with Gasteiger partial charge in [-0.1, -0.05) is 0 Å². The second-order valence-electron chi connectivity index (χ2n) is 8.76. The van der Waals surface area contributed by atoms with Gasteiger partial charge in [-0.15, -0.1) is 0 Å². The molecule has 0 radical (unpaired) electrons. The SMILES string of the molecule is CC(C)(C)OC(=O)CCOCCOCCOCCOCCOCCOCCOCCOCCOS(C)(=O)=O. The van der Waals surface area contributed by atoms with Crippen LogP contribution in [0.5, 0.6) is 0 Å². The zero-order valence-electron chi connectivity index (χ0n) is 23.4. The van der Waals surface area contributed by atoms with E-state index in [4.69, 9.17) is 42.6 Å². The highest BCUT2D eigenvalue weighted by molar-refractivity contribution is 7.85. The van der Waals surface area contributed by atoms with Crippen LogP contribution in [0.4, 0.5) is 0 Å². The van der Waals surface area contributed by atoms with Crippen LogP contribution < -0.4 is 0 Å². The highest BCUT2D eigenvalue weighted by Gasteiger charge is 2.15. The second kappa shape index (κ2) is 25.1. The smallest absolute Gasteiger partial charge is 0.308 e. The van der Waals surface area contributed by atoms with Crippen molar-refractivity contribution in [3.8, 4) is 0 Å². The molecule has 0 spiro atoms. The van der Waals surface area contributed by atoms with E-state index in [9.17, 15) is 13.2 Å². The standard InChI is InChI=1S/C24H48O13S/c1-24(2,3)37-23(25)5-6-28-7-8-29-9-10-30-11-12-31-13-14-32-15-16-33-17-18-34-19-20-35-21-22-36-38(4,26)27/h5-22H2,1-4H3. The minimum atomic E-state index is -3.42. The minimum absolute atomic E-state index is 0.00453. The average Bonchev–Trinajstić information content (AvgIpc) is 2.81. The van der Waals surface area contributed by atoms with Crippen molar-refractivity contribution >= 4 is 16.1 Å². The zero-order chi connectivity index (χ0) is 28.4. The van der Waals surface area contributed by atoms with E-state index in [1.807, 2.05) is 20.8 Å². The number of carbonyl (C=O) groups is 1. The maximum atomic E-state index is 11.5. The maximum Gasteiger partial charge on any atom is 0.308 e. The molecule has 0 bridgehead atoms. The van der Waals surface area contributed by atoms with Gasteiger partial charge in [0, 0.05) is 0 Å². The molecule has 0 heterocycles. The summed E-state index contributed by atoms with van der Waals surface area (Å²) in [6, 6.07) is 0. The first-order chi connectivity index (χ1) is 18.1. The van der Waals surface area contributed by atoms with Crippen LogP contribution in [-0.4, -0.2) is 139 Å². The Labute approximate surface area is 227 Å². The van der Waals surface area contributed by atoms with Crippen LogP contribution in [0, 0.1) is 0 Å². The molecule has 0 rings (SSSR count). The third-order valence-electron chi connectivity index (χ3n) is 4.00. The normalized spacial score (nSPS) is 12.2. The fourth-order valence-electron chi connectivity index (χ4n) is 2.43. The molecule has 14 heteroatoms. The Morgan fingerprint density at radius 1 is 0.500 bits per heavy atom. The molecule has 0 fully saturated rings. The van der Waals surface area contributed by atoms with E-state index in [1.54, 1.807) is 0 Å². The number of hydrogen-bond acceptors (Lipinski definition) is 13. The Morgan fingerprint density at radius 2 is 0.763 bits per heavy atom. The Hall–Kier alpha value is -0.940. The quantitative estimate of drug-likeness (QED) is 0.0737. The van der Waals surface area contributed by atoms with Crippen molar-refractivity contribution in [1.82, 2.24) is 0 Å². The molecule has 0 saturated heterocycles. The summed E-state index contributed by atoms with van der Waals surface area (Å²) in [5, 5.41) is 0. The molecule has 0 aromatic carbocycles. The number of rotatable bonds is 28. The molecule has 0 aromatic rings. The summed E-state index contributed by atoms with van der Waals surface area (Å²) in [7, 11) is -3.42. The fraction of sp³-hybridized carbons (Fsp3) is 0.958. The van der Waals surface area contributed by atoms with Crippen molar-refractivity contribution < 1.29 is 60.0 Å². The molecule has 13 nitrogen and oxygen atoms in total. The molecule has 38 heavy (non-hydrogen) atoms. The van der Waals surface area contributed by atoms with Crippen LogP contribution in [0.1, 0.15) is 27.2 Å². The molecule has 0 aliphatic carbocycles. The van der Waals surface area contributed by atoms with E-state index in [2.05, 4.69) is 4.18 Å². The average molecular weight is 577 g/mol. The lowest BCUT2D eigenvalue weighted by molar-refractivity contribution is -0.156. The monoisotopic (exact) mass is 576 g/mol. The second-order valence-corrected chi connectivity index (χ2v) is 10.4. The Kier molecular flexibility index (Phi) is 24.4. The molecule has 0 atom stereocenters. The molecular formula is C24H48O13S. The van der Waals surface area contributed by atoms with Gasteiger partial charge in [-0.3, -0.25) is 8.98 Å². The Morgan fingerprint density at radius 3 is 1.03 bits per heavy atom. The summed E-state index contributed by atoms with van der Waals surface area (Å²) in [4.78, 5) is 11.5. The van der Waals surface area contributed by atoms with E-state index in [0.717, 1.165) is 6.26 Å². The maximum absolute atomic E-state index is 11.5. The van der Waals surface area contributed by atoms with Crippen LogP contribution in [0.3, 0.4) is 0 Å².